The zero-order chi connectivity index (χ0) is 8.27. The first-order valence-corrected chi connectivity index (χ1v) is 4.64. The molecular formula is C6H6BrN3S. The summed E-state index contributed by atoms with van der Waals surface area (Å²) in [6, 6.07) is 3.84. The van der Waals surface area contributed by atoms with Crippen molar-refractivity contribution < 1.29 is 0 Å². The van der Waals surface area contributed by atoms with E-state index in [9.17, 15) is 0 Å². The van der Waals surface area contributed by atoms with Crippen LogP contribution in [0.1, 0.15) is 17.8 Å². The van der Waals surface area contributed by atoms with Gasteiger partial charge in [0.1, 0.15) is 0 Å². The van der Waals surface area contributed by atoms with E-state index in [0.717, 1.165) is 8.66 Å². The van der Waals surface area contributed by atoms with E-state index in [1.807, 2.05) is 19.1 Å². The highest BCUT2D eigenvalue weighted by molar-refractivity contribution is 9.11. The summed E-state index contributed by atoms with van der Waals surface area (Å²) in [5, 5.41) is 3.58. The van der Waals surface area contributed by atoms with Gasteiger partial charge >= 0.3 is 0 Å². The molecule has 1 aromatic rings. The summed E-state index contributed by atoms with van der Waals surface area (Å²) in [6.07, 6.45) is 0. The Balaban J connectivity index is 2.84. The lowest BCUT2D eigenvalue weighted by molar-refractivity contribution is 0.827. The number of thiophene rings is 1. The van der Waals surface area contributed by atoms with Crippen LogP contribution in [0.15, 0.2) is 21.0 Å². The molecule has 0 fully saturated rings. The average Bonchev–Trinajstić information content (AvgIpc) is 2.36. The van der Waals surface area contributed by atoms with Gasteiger partial charge in [-0.05, 0) is 33.6 Å². The quantitative estimate of drug-likeness (QED) is 0.422. The molecule has 0 spiro atoms. The maximum atomic E-state index is 8.16. The fraction of sp³-hybridized carbons (Fsp3) is 0.333. The van der Waals surface area contributed by atoms with Gasteiger partial charge in [-0.1, -0.05) is 12.0 Å². The highest BCUT2D eigenvalue weighted by Crippen LogP contribution is 2.28. The van der Waals surface area contributed by atoms with Crippen molar-refractivity contribution in [2.45, 2.75) is 13.0 Å². The van der Waals surface area contributed by atoms with Crippen molar-refractivity contribution in [1.82, 2.24) is 0 Å². The predicted octanol–water partition coefficient (Wildman–Crippen LogP) is 3.88. The standard InChI is InChI=1S/C6H6BrN3S/c1-4(9-10-8)5-2-3-6(7)11-5/h2-4H,1H3/t4-/m1/s1. The Labute approximate surface area is 76.8 Å². The lowest BCUT2D eigenvalue weighted by Crippen LogP contribution is -1.79. The molecule has 5 heteroatoms. The van der Waals surface area contributed by atoms with E-state index in [2.05, 4.69) is 26.0 Å². The number of rotatable bonds is 2. The van der Waals surface area contributed by atoms with E-state index in [4.69, 9.17) is 5.53 Å². The van der Waals surface area contributed by atoms with Crippen LogP contribution in [0.4, 0.5) is 0 Å². The Morgan fingerprint density at radius 1 is 1.73 bits per heavy atom. The van der Waals surface area contributed by atoms with E-state index in [1.54, 1.807) is 11.3 Å². The van der Waals surface area contributed by atoms with E-state index >= 15 is 0 Å². The van der Waals surface area contributed by atoms with Crippen LogP contribution in [0, 0.1) is 0 Å². The first kappa shape index (κ1) is 8.59. The van der Waals surface area contributed by atoms with Crippen molar-refractivity contribution in [1.29, 1.82) is 0 Å². The van der Waals surface area contributed by atoms with Gasteiger partial charge in [-0.25, -0.2) is 0 Å². The molecule has 0 aliphatic heterocycles. The number of nitrogens with zero attached hydrogens (tertiary/aromatic N) is 3. The van der Waals surface area contributed by atoms with Crippen LogP contribution in [-0.2, 0) is 0 Å². The van der Waals surface area contributed by atoms with Crippen molar-refractivity contribution in [3.8, 4) is 0 Å². The zero-order valence-corrected chi connectivity index (χ0v) is 8.26. The van der Waals surface area contributed by atoms with Crippen LogP contribution in [0.2, 0.25) is 0 Å². The molecule has 58 valence electrons. The highest BCUT2D eigenvalue weighted by atomic mass is 79.9. The summed E-state index contributed by atoms with van der Waals surface area (Å²) < 4.78 is 1.06. The summed E-state index contributed by atoms with van der Waals surface area (Å²) in [7, 11) is 0. The van der Waals surface area contributed by atoms with E-state index in [-0.39, 0.29) is 6.04 Å². The fourth-order valence-corrected chi connectivity index (χ4v) is 2.10. The molecule has 1 heterocycles. The summed E-state index contributed by atoms with van der Waals surface area (Å²) in [5.41, 5.74) is 8.16. The SMILES string of the molecule is C[C@@H](N=[N+]=[N-])c1ccc(Br)s1. The van der Waals surface area contributed by atoms with Gasteiger partial charge in [-0.2, -0.15) is 0 Å². The molecule has 0 radical (unpaired) electrons. The second-order valence-electron chi connectivity index (χ2n) is 2.02. The predicted molar refractivity (Wildman–Crippen MR) is 49.6 cm³/mol. The molecule has 0 saturated carbocycles. The molecule has 1 aromatic heterocycles. The third-order valence-corrected chi connectivity index (χ3v) is 3.02. The van der Waals surface area contributed by atoms with Gasteiger partial charge in [0.05, 0.1) is 9.83 Å². The smallest absolute Gasteiger partial charge is 0.0701 e. The lowest BCUT2D eigenvalue weighted by Gasteiger charge is -1.96. The molecule has 0 bridgehead atoms. The molecule has 0 aliphatic rings. The lowest BCUT2D eigenvalue weighted by atomic mass is 10.3. The Kier molecular flexibility index (Phi) is 2.93. The van der Waals surface area contributed by atoms with E-state index in [0.29, 0.717) is 0 Å². The first-order valence-electron chi connectivity index (χ1n) is 3.03. The van der Waals surface area contributed by atoms with Crippen LogP contribution in [0.25, 0.3) is 10.4 Å². The molecule has 0 saturated heterocycles. The monoisotopic (exact) mass is 231 g/mol. The summed E-state index contributed by atoms with van der Waals surface area (Å²) in [4.78, 5) is 3.82. The van der Waals surface area contributed by atoms with Crippen LogP contribution in [0.3, 0.4) is 0 Å². The summed E-state index contributed by atoms with van der Waals surface area (Å²) in [6.45, 7) is 1.87. The molecule has 0 aliphatic carbocycles. The van der Waals surface area contributed by atoms with Crippen molar-refractivity contribution >= 4 is 27.3 Å². The van der Waals surface area contributed by atoms with Crippen LogP contribution >= 0.6 is 27.3 Å². The van der Waals surface area contributed by atoms with Gasteiger partial charge in [-0.3, -0.25) is 0 Å². The minimum atomic E-state index is -0.0590. The minimum absolute atomic E-state index is 0.0590. The van der Waals surface area contributed by atoms with E-state index in [1.165, 1.54) is 0 Å². The molecule has 0 aromatic carbocycles. The Bertz CT molecular complexity index is 290. The molecule has 11 heavy (non-hydrogen) atoms. The van der Waals surface area contributed by atoms with Crippen molar-refractivity contribution in [3.63, 3.8) is 0 Å². The van der Waals surface area contributed by atoms with Gasteiger partial charge in [0.15, 0.2) is 0 Å². The van der Waals surface area contributed by atoms with Crippen LogP contribution in [-0.4, -0.2) is 0 Å². The van der Waals surface area contributed by atoms with Gasteiger partial charge in [0.2, 0.25) is 0 Å². The maximum Gasteiger partial charge on any atom is 0.0701 e. The number of halogens is 1. The van der Waals surface area contributed by atoms with Crippen molar-refractivity contribution in [3.05, 3.63) is 31.2 Å². The van der Waals surface area contributed by atoms with Crippen molar-refractivity contribution in [2.75, 3.05) is 0 Å². The van der Waals surface area contributed by atoms with Crippen molar-refractivity contribution in [2.24, 2.45) is 5.11 Å². The Morgan fingerprint density at radius 3 is 2.91 bits per heavy atom. The topological polar surface area (TPSA) is 48.8 Å². The number of hydrogen-bond acceptors (Lipinski definition) is 2. The molecular weight excluding hydrogens is 226 g/mol. The van der Waals surface area contributed by atoms with Gasteiger partial charge < -0.3 is 0 Å². The summed E-state index contributed by atoms with van der Waals surface area (Å²) >= 11 is 4.92. The second-order valence-corrected chi connectivity index (χ2v) is 4.52. The van der Waals surface area contributed by atoms with Gasteiger partial charge in [0.25, 0.3) is 0 Å². The first-order chi connectivity index (χ1) is 5.24. The number of hydrogen-bond donors (Lipinski definition) is 0. The summed E-state index contributed by atoms with van der Waals surface area (Å²) in [5.74, 6) is 0. The molecule has 0 N–H and O–H groups in total. The van der Waals surface area contributed by atoms with Crippen LogP contribution < -0.4 is 0 Å². The molecule has 0 amide bonds. The largest absolute Gasteiger partial charge is 0.133 e. The minimum Gasteiger partial charge on any atom is -0.133 e. The normalized spacial score (nSPS) is 12.2. The fourth-order valence-electron chi connectivity index (χ4n) is 0.687. The average molecular weight is 232 g/mol. The molecule has 3 nitrogen and oxygen atoms in total. The van der Waals surface area contributed by atoms with Gasteiger partial charge in [0, 0.05) is 9.79 Å². The third-order valence-electron chi connectivity index (χ3n) is 1.23. The van der Waals surface area contributed by atoms with E-state index < -0.39 is 0 Å². The third kappa shape index (κ3) is 2.22. The molecule has 0 unspecified atom stereocenters. The Morgan fingerprint density at radius 2 is 2.45 bits per heavy atom. The van der Waals surface area contributed by atoms with Gasteiger partial charge in [-0.15, -0.1) is 11.3 Å². The second kappa shape index (κ2) is 3.76. The Hall–Kier alpha value is -0.510. The number of azide groups is 1. The maximum absolute atomic E-state index is 8.16. The zero-order valence-electron chi connectivity index (χ0n) is 5.86. The van der Waals surface area contributed by atoms with Crippen LogP contribution in [0.5, 0.6) is 0 Å². The molecule has 1 rings (SSSR count). The highest BCUT2D eigenvalue weighted by Gasteiger charge is 2.04. The molecule has 1 atom stereocenters.